The molecule has 2 amide bonds. The lowest BCUT2D eigenvalue weighted by Crippen LogP contribution is -2.48. The van der Waals surface area contributed by atoms with Gasteiger partial charge in [0.05, 0.1) is 12.0 Å². The second-order valence-electron chi connectivity index (χ2n) is 4.60. The Bertz CT molecular complexity index is 722. The van der Waals surface area contributed by atoms with E-state index in [9.17, 15) is 9.59 Å². The first-order chi connectivity index (χ1) is 11.1. The van der Waals surface area contributed by atoms with E-state index in [1.807, 2.05) is 30.3 Å². The lowest BCUT2D eigenvalue weighted by Gasteiger charge is -2.11. The molecule has 0 saturated carbocycles. The second-order valence-corrected chi connectivity index (χ2v) is 5.86. The number of carbonyl (C=O) groups excluding carboxylic acids is 2. The Hall–Kier alpha value is -2.25. The first kappa shape index (κ1) is 17.1. The van der Waals surface area contributed by atoms with Crippen molar-refractivity contribution in [2.24, 2.45) is 0 Å². The monoisotopic (exact) mass is 391 g/mol. The Labute approximate surface area is 147 Å². The first-order valence-corrected chi connectivity index (χ1v) is 7.95. The molecule has 23 heavy (non-hydrogen) atoms. The van der Waals surface area contributed by atoms with Crippen LogP contribution in [0.1, 0.15) is 15.9 Å². The van der Waals surface area contributed by atoms with E-state index in [1.165, 1.54) is 0 Å². The molecule has 0 fully saturated rings. The van der Waals surface area contributed by atoms with Crippen LogP contribution in [-0.2, 0) is 11.2 Å². The fourth-order valence-electron chi connectivity index (χ4n) is 1.80. The SMILES string of the molecule is O=C(Cc1ccccc1)NNC(=S)NC(=O)c1ccccc1Br. The Morgan fingerprint density at radius 1 is 0.957 bits per heavy atom. The minimum Gasteiger partial charge on any atom is -0.298 e. The van der Waals surface area contributed by atoms with Gasteiger partial charge in [0.1, 0.15) is 0 Å². The highest BCUT2D eigenvalue weighted by molar-refractivity contribution is 9.10. The predicted octanol–water partition coefficient (Wildman–Crippen LogP) is 2.33. The van der Waals surface area contributed by atoms with E-state index in [0.717, 1.165) is 5.56 Å². The summed E-state index contributed by atoms with van der Waals surface area (Å²) < 4.78 is 0.661. The molecule has 0 aromatic heterocycles. The lowest BCUT2D eigenvalue weighted by atomic mass is 10.1. The molecule has 0 saturated heterocycles. The molecule has 0 heterocycles. The molecule has 118 valence electrons. The standard InChI is InChI=1S/C16H14BrN3O2S/c17-13-9-5-4-8-12(13)15(22)18-16(23)20-19-14(21)10-11-6-2-1-3-7-11/h1-9H,10H2,(H,19,21)(H2,18,20,22,23). The van der Waals surface area contributed by atoms with Crippen molar-refractivity contribution >= 4 is 45.1 Å². The molecule has 5 nitrogen and oxygen atoms in total. The van der Waals surface area contributed by atoms with E-state index in [-0.39, 0.29) is 23.3 Å². The summed E-state index contributed by atoms with van der Waals surface area (Å²) >= 11 is 8.28. The number of amides is 2. The third kappa shape index (κ3) is 5.46. The van der Waals surface area contributed by atoms with Crippen LogP contribution in [0.25, 0.3) is 0 Å². The normalized spacial score (nSPS) is 9.78. The predicted molar refractivity (Wildman–Crippen MR) is 95.6 cm³/mol. The molecule has 0 spiro atoms. The maximum absolute atomic E-state index is 12.0. The van der Waals surface area contributed by atoms with Crippen LogP contribution in [0.4, 0.5) is 0 Å². The number of nitrogens with one attached hydrogen (secondary N) is 3. The summed E-state index contributed by atoms with van der Waals surface area (Å²) in [6, 6.07) is 16.3. The molecular weight excluding hydrogens is 378 g/mol. The Morgan fingerprint density at radius 3 is 2.30 bits per heavy atom. The van der Waals surface area contributed by atoms with Crippen molar-refractivity contribution in [3.05, 3.63) is 70.2 Å². The minimum absolute atomic E-state index is 0.0205. The van der Waals surface area contributed by atoms with Gasteiger partial charge in [0.2, 0.25) is 5.91 Å². The van der Waals surface area contributed by atoms with E-state index >= 15 is 0 Å². The van der Waals surface area contributed by atoms with Crippen LogP contribution in [0.2, 0.25) is 0 Å². The molecule has 0 atom stereocenters. The summed E-state index contributed by atoms with van der Waals surface area (Å²) in [5, 5.41) is 2.51. The molecule has 7 heteroatoms. The van der Waals surface area contributed by atoms with Gasteiger partial charge in [0, 0.05) is 4.47 Å². The number of hydrazine groups is 1. The molecule has 2 aromatic carbocycles. The summed E-state index contributed by atoms with van der Waals surface area (Å²) in [5.41, 5.74) is 6.29. The van der Waals surface area contributed by atoms with Crippen molar-refractivity contribution in [3.8, 4) is 0 Å². The van der Waals surface area contributed by atoms with Crippen molar-refractivity contribution in [3.63, 3.8) is 0 Å². The Balaban J connectivity index is 1.80. The molecule has 2 aromatic rings. The fourth-order valence-corrected chi connectivity index (χ4v) is 2.41. The largest absolute Gasteiger partial charge is 0.298 e. The smallest absolute Gasteiger partial charge is 0.258 e. The quantitative estimate of drug-likeness (QED) is 0.554. The van der Waals surface area contributed by atoms with Crippen molar-refractivity contribution in [1.29, 1.82) is 0 Å². The van der Waals surface area contributed by atoms with Gasteiger partial charge in [-0.3, -0.25) is 25.8 Å². The zero-order valence-corrected chi connectivity index (χ0v) is 14.4. The van der Waals surface area contributed by atoms with E-state index in [4.69, 9.17) is 12.2 Å². The Morgan fingerprint density at radius 2 is 1.61 bits per heavy atom. The number of benzene rings is 2. The number of halogens is 1. The van der Waals surface area contributed by atoms with Crippen LogP contribution in [-0.4, -0.2) is 16.9 Å². The van der Waals surface area contributed by atoms with Gasteiger partial charge in [-0.15, -0.1) is 0 Å². The van der Waals surface area contributed by atoms with Gasteiger partial charge in [0.25, 0.3) is 5.91 Å². The topological polar surface area (TPSA) is 70.2 Å². The molecule has 0 bridgehead atoms. The van der Waals surface area contributed by atoms with E-state index in [0.29, 0.717) is 10.0 Å². The molecule has 0 unspecified atom stereocenters. The molecule has 3 N–H and O–H groups in total. The summed E-state index contributed by atoms with van der Waals surface area (Å²) in [4.78, 5) is 23.8. The zero-order chi connectivity index (χ0) is 16.7. The molecular formula is C16H14BrN3O2S. The van der Waals surface area contributed by atoms with Crippen molar-refractivity contribution < 1.29 is 9.59 Å². The average molecular weight is 392 g/mol. The van der Waals surface area contributed by atoms with E-state index in [1.54, 1.807) is 24.3 Å². The summed E-state index contributed by atoms with van der Waals surface area (Å²) in [6.07, 6.45) is 0.217. The van der Waals surface area contributed by atoms with E-state index in [2.05, 4.69) is 32.1 Å². The van der Waals surface area contributed by atoms with Crippen molar-refractivity contribution in [2.75, 3.05) is 0 Å². The number of hydrogen-bond donors (Lipinski definition) is 3. The maximum atomic E-state index is 12.0. The van der Waals surface area contributed by atoms with Crippen LogP contribution in [0.3, 0.4) is 0 Å². The summed E-state index contributed by atoms with van der Waals surface area (Å²) in [6.45, 7) is 0. The third-order valence-electron chi connectivity index (χ3n) is 2.87. The minimum atomic E-state index is -0.368. The highest BCUT2D eigenvalue weighted by Gasteiger charge is 2.11. The van der Waals surface area contributed by atoms with Gasteiger partial charge in [-0.2, -0.15) is 0 Å². The Kier molecular flexibility index (Phi) is 6.25. The molecule has 0 aliphatic carbocycles. The molecule has 0 aliphatic rings. The summed E-state index contributed by atoms with van der Waals surface area (Å²) in [5.74, 6) is -0.624. The van der Waals surface area contributed by atoms with E-state index < -0.39 is 0 Å². The number of thiocarbonyl (C=S) groups is 1. The summed E-state index contributed by atoms with van der Waals surface area (Å²) in [7, 11) is 0. The molecule has 2 rings (SSSR count). The highest BCUT2D eigenvalue weighted by Crippen LogP contribution is 2.15. The van der Waals surface area contributed by atoms with Gasteiger partial charge in [-0.1, -0.05) is 42.5 Å². The van der Waals surface area contributed by atoms with Crippen molar-refractivity contribution in [2.45, 2.75) is 6.42 Å². The van der Waals surface area contributed by atoms with Crippen LogP contribution < -0.4 is 16.2 Å². The van der Waals surface area contributed by atoms with Crippen LogP contribution >= 0.6 is 28.1 Å². The maximum Gasteiger partial charge on any atom is 0.258 e. The highest BCUT2D eigenvalue weighted by atomic mass is 79.9. The van der Waals surface area contributed by atoms with Crippen LogP contribution in [0, 0.1) is 0 Å². The number of carbonyl (C=O) groups is 2. The molecule has 0 aliphatic heterocycles. The van der Waals surface area contributed by atoms with Gasteiger partial charge in [-0.25, -0.2) is 0 Å². The first-order valence-electron chi connectivity index (χ1n) is 6.75. The molecule has 0 radical (unpaired) electrons. The fraction of sp³-hybridized carbons (Fsp3) is 0.0625. The number of hydrogen-bond acceptors (Lipinski definition) is 3. The van der Waals surface area contributed by atoms with Crippen LogP contribution in [0.5, 0.6) is 0 Å². The van der Waals surface area contributed by atoms with Gasteiger partial charge < -0.3 is 0 Å². The van der Waals surface area contributed by atoms with Gasteiger partial charge >= 0.3 is 0 Å². The number of rotatable bonds is 3. The van der Waals surface area contributed by atoms with Crippen molar-refractivity contribution in [1.82, 2.24) is 16.2 Å². The van der Waals surface area contributed by atoms with Crippen LogP contribution in [0.15, 0.2) is 59.1 Å². The second kappa shape index (κ2) is 8.40. The third-order valence-corrected chi connectivity index (χ3v) is 3.76. The lowest BCUT2D eigenvalue weighted by molar-refractivity contribution is -0.121. The van der Waals surface area contributed by atoms with Gasteiger partial charge in [-0.05, 0) is 45.8 Å². The average Bonchev–Trinajstić information content (AvgIpc) is 2.54. The van der Waals surface area contributed by atoms with Gasteiger partial charge in [0.15, 0.2) is 5.11 Å². The zero-order valence-electron chi connectivity index (χ0n) is 12.0.